The summed E-state index contributed by atoms with van der Waals surface area (Å²) in [5.41, 5.74) is 2.94. The molecule has 1 N–H and O–H groups in total. The Bertz CT molecular complexity index is 807. The molecule has 1 aliphatic heterocycles. The Morgan fingerprint density at radius 2 is 1.78 bits per heavy atom. The average molecular weight is 386 g/mol. The highest BCUT2D eigenvalue weighted by Gasteiger charge is 2.21. The minimum atomic E-state index is -0.0765. The van der Waals surface area contributed by atoms with E-state index in [4.69, 9.17) is 11.6 Å². The van der Waals surface area contributed by atoms with Crippen molar-refractivity contribution in [2.24, 2.45) is 0 Å². The monoisotopic (exact) mass is 385 g/mol. The molecule has 5 nitrogen and oxygen atoms in total. The number of hydrogen-bond acceptors (Lipinski definition) is 3. The fourth-order valence-corrected chi connectivity index (χ4v) is 3.42. The quantitative estimate of drug-likeness (QED) is 0.856. The van der Waals surface area contributed by atoms with E-state index in [0.29, 0.717) is 24.5 Å². The molecule has 1 fully saturated rings. The van der Waals surface area contributed by atoms with E-state index in [1.54, 1.807) is 0 Å². The zero-order valence-electron chi connectivity index (χ0n) is 15.5. The Kier molecular flexibility index (Phi) is 6.48. The predicted octanol–water partition coefficient (Wildman–Crippen LogP) is 3.53. The van der Waals surface area contributed by atoms with Crippen molar-refractivity contribution in [2.75, 3.05) is 25.0 Å². The van der Waals surface area contributed by atoms with Crippen molar-refractivity contribution < 1.29 is 9.59 Å². The molecule has 6 heteroatoms. The van der Waals surface area contributed by atoms with E-state index in [9.17, 15) is 9.59 Å². The Balaban J connectivity index is 1.58. The normalized spacial score (nSPS) is 15.5. The number of rotatable bonds is 5. The van der Waals surface area contributed by atoms with Gasteiger partial charge in [0.2, 0.25) is 11.8 Å². The largest absolute Gasteiger partial charge is 0.337 e. The zero-order chi connectivity index (χ0) is 19.2. The third kappa shape index (κ3) is 5.55. The third-order valence-electron chi connectivity index (χ3n) is 4.68. The molecule has 0 unspecified atom stereocenters. The number of nitrogens with zero attached hydrogens (tertiary/aromatic N) is 2. The highest BCUT2D eigenvalue weighted by Crippen LogP contribution is 2.19. The standard InChI is InChI=1S/C21H24ClN3O2/c1-16(26)23-19-8-6-17(7-9-19)14-24-11-10-21(27)25(13-12-24)15-18-4-2-3-5-20(18)22/h2-9H,10-15H2,1H3,(H,23,26). The van der Waals surface area contributed by atoms with E-state index >= 15 is 0 Å². The summed E-state index contributed by atoms with van der Waals surface area (Å²) in [4.78, 5) is 27.8. The molecule has 2 aromatic rings. The third-order valence-corrected chi connectivity index (χ3v) is 5.05. The first-order valence-corrected chi connectivity index (χ1v) is 9.49. The summed E-state index contributed by atoms with van der Waals surface area (Å²) in [6.07, 6.45) is 0.508. The minimum Gasteiger partial charge on any atom is -0.337 e. The summed E-state index contributed by atoms with van der Waals surface area (Å²) in [7, 11) is 0. The van der Waals surface area contributed by atoms with Gasteiger partial charge in [0, 0.05) is 56.8 Å². The van der Waals surface area contributed by atoms with Gasteiger partial charge in [-0.15, -0.1) is 0 Å². The number of benzene rings is 2. The van der Waals surface area contributed by atoms with E-state index in [0.717, 1.165) is 36.4 Å². The van der Waals surface area contributed by atoms with E-state index in [-0.39, 0.29) is 11.8 Å². The molecule has 0 atom stereocenters. The SMILES string of the molecule is CC(=O)Nc1ccc(CN2CCC(=O)N(Cc3ccccc3Cl)CC2)cc1. The van der Waals surface area contributed by atoms with Gasteiger partial charge in [-0.2, -0.15) is 0 Å². The van der Waals surface area contributed by atoms with Gasteiger partial charge in [-0.25, -0.2) is 0 Å². The van der Waals surface area contributed by atoms with Gasteiger partial charge in [0.1, 0.15) is 0 Å². The van der Waals surface area contributed by atoms with Gasteiger partial charge in [-0.1, -0.05) is 41.9 Å². The molecule has 0 aliphatic carbocycles. The van der Waals surface area contributed by atoms with Crippen LogP contribution < -0.4 is 5.32 Å². The van der Waals surface area contributed by atoms with Gasteiger partial charge in [-0.3, -0.25) is 14.5 Å². The first-order chi connectivity index (χ1) is 13.0. The van der Waals surface area contributed by atoms with Crippen LogP contribution in [0.2, 0.25) is 5.02 Å². The number of carbonyl (C=O) groups is 2. The molecule has 2 aromatic carbocycles. The molecular formula is C21H24ClN3O2. The summed E-state index contributed by atoms with van der Waals surface area (Å²) >= 11 is 6.24. The van der Waals surface area contributed by atoms with Crippen molar-refractivity contribution in [3.05, 3.63) is 64.7 Å². The zero-order valence-corrected chi connectivity index (χ0v) is 16.2. The van der Waals surface area contributed by atoms with Gasteiger partial charge in [-0.05, 0) is 29.3 Å². The molecule has 2 amide bonds. The molecule has 0 radical (unpaired) electrons. The summed E-state index contributed by atoms with van der Waals surface area (Å²) in [5.74, 6) is 0.0887. The van der Waals surface area contributed by atoms with Gasteiger partial charge in [0.05, 0.1) is 0 Å². The van der Waals surface area contributed by atoms with Gasteiger partial charge in [0.15, 0.2) is 0 Å². The molecule has 0 saturated carbocycles. The summed E-state index contributed by atoms with van der Waals surface area (Å²) in [6, 6.07) is 15.5. The molecule has 27 heavy (non-hydrogen) atoms. The first-order valence-electron chi connectivity index (χ1n) is 9.11. The topological polar surface area (TPSA) is 52.7 Å². The second-order valence-corrected chi connectivity index (χ2v) is 7.22. The van der Waals surface area contributed by atoms with E-state index in [2.05, 4.69) is 10.2 Å². The number of carbonyl (C=O) groups excluding carboxylic acids is 2. The van der Waals surface area contributed by atoms with Gasteiger partial charge >= 0.3 is 0 Å². The van der Waals surface area contributed by atoms with Crippen LogP contribution in [0.4, 0.5) is 5.69 Å². The van der Waals surface area contributed by atoms with Crippen LogP contribution in [0.5, 0.6) is 0 Å². The maximum absolute atomic E-state index is 12.5. The predicted molar refractivity (Wildman–Crippen MR) is 108 cm³/mol. The van der Waals surface area contributed by atoms with Gasteiger partial charge in [0.25, 0.3) is 0 Å². The molecule has 1 saturated heterocycles. The fraction of sp³-hybridized carbons (Fsp3) is 0.333. The number of amides is 2. The van der Waals surface area contributed by atoms with Crippen molar-refractivity contribution >= 4 is 29.1 Å². The molecule has 0 bridgehead atoms. The number of hydrogen-bond donors (Lipinski definition) is 1. The maximum Gasteiger partial charge on any atom is 0.224 e. The van der Waals surface area contributed by atoms with E-state index < -0.39 is 0 Å². The lowest BCUT2D eigenvalue weighted by molar-refractivity contribution is -0.131. The van der Waals surface area contributed by atoms with Crippen LogP contribution in [0.1, 0.15) is 24.5 Å². The molecular weight excluding hydrogens is 362 g/mol. The number of nitrogens with one attached hydrogen (secondary N) is 1. The second kappa shape index (κ2) is 9.02. The second-order valence-electron chi connectivity index (χ2n) is 6.81. The Morgan fingerprint density at radius 3 is 2.48 bits per heavy atom. The summed E-state index contributed by atoms with van der Waals surface area (Å²) in [5, 5.41) is 3.47. The summed E-state index contributed by atoms with van der Waals surface area (Å²) in [6.45, 7) is 5.09. The van der Waals surface area contributed by atoms with Crippen molar-refractivity contribution in [1.29, 1.82) is 0 Å². The van der Waals surface area contributed by atoms with Crippen molar-refractivity contribution in [3.63, 3.8) is 0 Å². The lowest BCUT2D eigenvalue weighted by Crippen LogP contribution is -2.32. The number of halogens is 1. The fourth-order valence-electron chi connectivity index (χ4n) is 3.22. The minimum absolute atomic E-state index is 0.0765. The van der Waals surface area contributed by atoms with Crippen LogP contribution in [-0.2, 0) is 22.7 Å². The number of anilines is 1. The van der Waals surface area contributed by atoms with Crippen molar-refractivity contribution in [3.8, 4) is 0 Å². The first kappa shape index (κ1) is 19.4. The van der Waals surface area contributed by atoms with Crippen LogP contribution in [-0.4, -0.2) is 41.2 Å². The van der Waals surface area contributed by atoms with Gasteiger partial charge < -0.3 is 10.2 Å². The Labute approximate surface area is 164 Å². The lowest BCUT2D eigenvalue weighted by atomic mass is 10.2. The molecule has 1 aliphatic rings. The van der Waals surface area contributed by atoms with Crippen LogP contribution in [0, 0.1) is 0 Å². The maximum atomic E-state index is 12.5. The van der Waals surface area contributed by atoms with E-state index in [1.165, 1.54) is 6.92 Å². The molecule has 142 valence electrons. The Hall–Kier alpha value is -2.37. The van der Waals surface area contributed by atoms with Crippen LogP contribution in [0.3, 0.4) is 0 Å². The van der Waals surface area contributed by atoms with Crippen molar-refractivity contribution in [1.82, 2.24) is 9.80 Å². The molecule has 0 spiro atoms. The Morgan fingerprint density at radius 1 is 1.04 bits per heavy atom. The molecule has 1 heterocycles. The molecule has 0 aromatic heterocycles. The van der Waals surface area contributed by atoms with Crippen LogP contribution in [0.25, 0.3) is 0 Å². The lowest BCUT2D eigenvalue weighted by Gasteiger charge is -2.22. The highest BCUT2D eigenvalue weighted by atomic mass is 35.5. The van der Waals surface area contributed by atoms with Crippen LogP contribution >= 0.6 is 11.6 Å². The summed E-state index contributed by atoms with van der Waals surface area (Å²) < 4.78 is 0. The van der Waals surface area contributed by atoms with Crippen LogP contribution in [0.15, 0.2) is 48.5 Å². The smallest absolute Gasteiger partial charge is 0.224 e. The average Bonchev–Trinajstić information content (AvgIpc) is 2.81. The van der Waals surface area contributed by atoms with Crippen molar-refractivity contribution in [2.45, 2.75) is 26.4 Å². The van der Waals surface area contributed by atoms with E-state index in [1.807, 2.05) is 53.4 Å². The molecule has 3 rings (SSSR count). The highest BCUT2D eigenvalue weighted by molar-refractivity contribution is 6.31.